The van der Waals surface area contributed by atoms with Crippen LogP contribution in [0.1, 0.15) is 12.5 Å². The summed E-state index contributed by atoms with van der Waals surface area (Å²) in [6.45, 7) is 2.55. The Labute approximate surface area is 165 Å². The van der Waals surface area contributed by atoms with Crippen LogP contribution in [-0.2, 0) is 11.3 Å². The van der Waals surface area contributed by atoms with Crippen LogP contribution in [0.4, 0.5) is 5.69 Å². The average Bonchev–Trinajstić information content (AvgIpc) is 3.27. The molecule has 1 atom stereocenters. The van der Waals surface area contributed by atoms with Gasteiger partial charge in [0.2, 0.25) is 5.91 Å². The molecule has 3 N–H and O–H groups in total. The van der Waals surface area contributed by atoms with E-state index in [0.717, 1.165) is 5.16 Å². The Morgan fingerprint density at radius 2 is 1.96 bits per heavy atom. The Balaban J connectivity index is 1.43. The van der Waals surface area contributed by atoms with E-state index in [1.807, 2.05) is 35.9 Å². The zero-order chi connectivity index (χ0) is 19.5. The number of thioether (sulfide) groups is 1. The van der Waals surface area contributed by atoms with Gasteiger partial charge < -0.3 is 19.9 Å². The predicted octanol–water partition coefficient (Wildman–Crippen LogP) is 3.22. The summed E-state index contributed by atoms with van der Waals surface area (Å²) in [5.74, 6) is -0.128. The van der Waals surface area contributed by atoms with Crippen LogP contribution in [0, 0.1) is 0 Å². The van der Waals surface area contributed by atoms with E-state index in [4.69, 9.17) is 0 Å². The summed E-state index contributed by atoms with van der Waals surface area (Å²) < 4.78 is 2.03. The summed E-state index contributed by atoms with van der Waals surface area (Å²) in [6, 6.07) is 15.4. The summed E-state index contributed by atoms with van der Waals surface area (Å²) in [5, 5.41) is 3.35. The maximum Gasteiger partial charge on any atom is 0.323 e. The van der Waals surface area contributed by atoms with Gasteiger partial charge in [-0.3, -0.25) is 4.79 Å². The second kappa shape index (κ2) is 7.77. The number of fused-ring (bicyclic) bond motifs is 1. The summed E-state index contributed by atoms with van der Waals surface area (Å²) in [4.78, 5) is 33.7. The van der Waals surface area contributed by atoms with Crippen molar-refractivity contribution < 1.29 is 4.79 Å². The molecule has 4 rings (SSSR count). The number of carbonyl (C=O) groups is 1. The molecule has 1 amide bonds. The van der Waals surface area contributed by atoms with Crippen LogP contribution in [0.3, 0.4) is 0 Å². The molecule has 0 aliphatic heterocycles. The lowest BCUT2D eigenvalue weighted by Crippen LogP contribution is -2.23. The van der Waals surface area contributed by atoms with E-state index in [1.54, 1.807) is 24.4 Å². The van der Waals surface area contributed by atoms with Crippen LogP contribution in [0.25, 0.3) is 11.0 Å². The molecule has 1 unspecified atom stereocenters. The highest BCUT2D eigenvalue weighted by Gasteiger charge is 2.18. The SMILES string of the molecule is CC(Sc1nccn1Cc1ccccc1)C(=O)Nc1ccc2[nH]c(=O)[nH]c2c1. The molecule has 2 aromatic carbocycles. The van der Waals surface area contributed by atoms with Crippen LogP contribution in [-0.4, -0.2) is 30.7 Å². The highest BCUT2D eigenvalue weighted by molar-refractivity contribution is 8.00. The average molecular weight is 393 g/mol. The van der Waals surface area contributed by atoms with Crippen molar-refractivity contribution in [1.82, 2.24) is 19.5 Å². The monoisotopic (exact) mass is 393 g/mol. The van der Waals surface area contributed by atoms with Crippen molar-refractivity contribution in [3.05, 3.63) is 77.0 Å². The molecule has 8 heteroatoms. The molecular formula is C20H19N5O2S. The van der Waals surface area contributed by atoms with E-state index in [-0.39, 0.29) is 16.8 Å². The van der Waals surface area contributed by atoms with E-state index >= 15 is 0 Å². The first-order valence-electron chi connectivity index (χ1n) is 8.83. The van der Waals surface area contributed by atoms with Gasteiger partial charge >= 0.3 is 5.69 Å². The van der Waals surface area contributed by atoms with Crippen molar-refractivity contribution >= 4 is 34.4 Å². The van der Waals surface area contributed by atoms with Crippen LogP contribution in [0.15, 0.2) is 70.9 Å². The summed E-state index contributed by atoms with van der Waals surface area (Å²) in [5.41, 5.74) is 2.89. The fourth-order valence-corrected chi connectivity index (χ4v) is 3.74. The zero-order valence-corrected chi connectivity index (χ0v) is 16.0. The number of aromatic amines is 2. The fraction of sp³-hybridized carbons (Fsp3) is 0.150. The Bertz CT molecular complexity index is 1160. The third-order valence-corrected chi connectivity index (χ3v) is 5.43. The molecule has 142 valence electrons. The molecule has 7 nitrogen and oxygen atoms in total. The molecule has 0 spiro atoms. The van der Waals surface area contributed by atoms with Gasteiger partial charge in [-0.05, 0) is 30.7 Å². The summed E-state index contributed by atoms with van der Waals surface area (Å²) >= 11 is 1.41. The van der Waals surface area contributed by atoms with Crippen molar-refractivity contribution in [1.29, 1.82) is 0 Å². The van der Waals surface area contributed by atoms with Crippen LogP contribution >= 0.6 is 11.8 Å². The first-order chi connectivity index (χ1) is 13.6. The second-order valence-electron chi connectivity index (χ2n) is 6.41. The van der Waals surface area contributed by atoms with Crippen molar-refractivity contribution in [2.75, 3.05) is 5.32 Å². The van der Waals surface area contributed by atoms with Gasteiger partial charge in [0.1, 0.15) is 0 Å². The third-order valence-electron chi connectivity index (χ3n) is 4.31. The number of hydrogen-bond donors (Lipinski definition) is 3. The Morgan fingerprint density at radius 1 is 1.18 bits per heavy atom. The van der Waals surface area contributed by atoms with Crippen LogP contribution in [0.2, 0.25) is 0 Å². The number of H-pyrrole nitrogens is 2. The standard InChI is InChI=1S/C20H19N5O2S/c1-13(18(26)22-15-7-8-16-17(11-15)24-19(27)23-16)28-20-21-9-10-25(20)12-14-5-3-2-4-6-14/h2-11,13H,12H2,1H3,(H,22,26)(H2,23,24,27). The molecule has 0 saturated carbocycles. The highest BCUT2D eigenvalue weighted by Crippen LogP contribution is 2.24. The van der Waals surface area contributed by atoms with E-state index in [2.05, 4.69) is 32.4 Å². The highest BCUT2D eigenvalue weighted by atomic mass is 32.2. The van der Waals surface area contributed by atoms with E-state index in [9.17, 15) is 9.59 Å². The minimum absolute atomic E-state index is 0.128. The number of imidazole rings is 2. The fourth-order valence-electron chi connectivity index (χ4n) is 2.88. The molecule has 0 aliphatic rings. The number of rotatable bonds is 6. The van der Waals surface area contributed by atoms with Crippen LogP contribution in [0.5, 0.6) is 0 Å². The van der Waals surface area contributed by atoms with Crippen molar-refractivity contribution in [2.24, 2.45) is 0 Å². The zero-order valence-electron chi connectivity index (χ0n) is 15.2. The molecule has 0 fully saturated rings. The van der Waals surface area contributed by atoms with E-state index in [1.165, 1.54) is 17.3 Å². The van der Waals surface area contributed by atoms with Crippen molar-refractivity contribution in [2.45, 2.75) is 23.9 Å². The minimum atomic E-state index is -0.335. The number of aromatic nitrogens is 4. The molecule has 2 heterocycles. The number of carbonyl (C=O) groups excluding carboxylic acids is 1. The maximum absolute atomic E-state index is 12.6. The first kappa shape index (κ1) is 18.1. The Kier molecular flexibility index (Phi) is 5.03. The Hall–Kier alpha value is -3.26. The van der Waals surface area contributed by atoms with Gasteiger partial charge in [-0.1, -0.05) is 42.1 Å². The Morgan fingerprint density at radius 3 is 2.79 bits per heavy atom. The number of nitrogens with zero attached hydrogens (tertiary/aromatic N) is 2. The molecule has 0 radical (unpaired) electrons. The third kappa shape index (κ3) is 4.01. The van der Waals surface area contributed by atoms with Gasteiger partial charge in [-0.15, -0.1) is 0 Å². The van der Waals surface area contributed by atoms with Gasteiger partial charge in [0.15, 0.2) is 5.16 Å². The van der Waals surface area contributed by atoms with Crippen molar-refractivity contribution in [3.63, 3.8) is 0 Å². The molecule has 0 saturated heterocycles. The lowest BCUT2D eigenvalue weighted by Gasteiger charge is -2.13. The lowest BCUT2D eigenvalue weighted by atomic mass is 10.2. The second-order valence-corrected chi connectivity index (χ2v) is 7.72. The normalized spacial score (nSPS) is 12.2. The molecule has 28 heavy (non-hydrogen) atoms. The lowest BCUT2D eigenvalue weighted by molar-refractivity contribution is -0.115. The smallest absolute Gasteiger partial charge is 0.323 e. The molecule has 2 aromatic heterocycles. The van der Waals surface area contributed by atoms with Gasteiger partial charge in [-0.25, -0.2) is 9.78 Å². The number of anilines is 1. The number of amides is 1. The van der Waals surface area contributed by atoms with E-state index < -0.39 is 0 Å². The number of benzene rings is 2. The first-order valence-corrected chi connectivity index (χ1v) is 9.71. The molecule has 0 bridgehead atoms. The maximum atomic E-state index is 12.6. The summed E-state index contributed by atoms with van der Waals surface area (Å²) in [6.07, 6.45) is 3.65. The number of hydrogen-bond acceptors (Lipinski definition) is 4. The summed E-state index contributed by atoms with van der Waals surface area (Å²) in [7, 11) is 0. The topological polar surface area (TPSA) is 95.6 Å². The van der Waals surface area contributed by atoms with Gasteiger partial charge in [0.05, 0.1) is 16.3 Å². The van der Waals surface area contributed by atoms with Gasteiger partial charge in [0.25, 0.3) is 0 Å². The van der Waals surface area contributed by atoms with Gasteiger partial charge in [0, 0.05) is 24.6 Å². The van der Waals surface area contributed by atoms with Crippen molar-refractivity contribution in [3.8, 4) is 0 Å². The largest absolute Gasteiger partial charge is 0.325 e. The van der Waals surface area contributed by atoms with Gasteiger partial charge in [-0.2, -0.15) is 0 Å². The molecular weight excluding hydrogens is 374 g/mol. The van der Waals surface area contributed by atoms with Crippen LogP contribution < -0.4 is 11.0 Å². The van der Waals surface area contributed by atoms with E-state index in [0.29, 0.717) is 23.3 Å². The molecule has 0 aliphatic carbocycles. The quantitative estimate of drug-likeness (QED) is 0.438. The minimum Gasteiger partial charge on any atom is -0.325 e. The molecule has 4 aromatic rings. The predicted molar refractivity (Wildman–Crippen MR) is 111 cm³/mol. The number of nitrogens with one attached hydrogen (secondary N) is 3.